The molecule has 0 aromatic carbocycles. The number of hydrogen-bond donors (Lipinski definition) is 1. The zero-order chi connectivity index (χ0) is 10.4. The molecular weight excluding hydrogens is 174 g/mol. The minimum Gasteiger partial charge on any atom is -0.313 e. The van der Waals surface area contributed by atoms with Crippen molar-refractivity contribution in [2.45, 2.75) is 45.7 Å². The molecule has 0 fully saturated rings. The second kappa shape index (κ2) is 5.81. The highest BCUT2D eigenvalue weighted by Crippen LogP contribution is 2.16. The molecule has 0 aliphatic carbocycles. The lowest BCUT2D eigenvalue weighted by atomic mass is 10.1. The summed E-state index contributed by atoms with van der Waals surface area (Å²) in [5.74, 6) is 0. The van der Waals surface area contributed by atoms with Crippen LogP contribution in [-0.4, -0.2) is 16.8 Å². The van der Waals surface area contributed by atoms with Gasteiger partial charge in [-0.15, -0.1) is 0 Å². The van der Waals surface area contributed by atoms with Crippen LogP contribution in [0.5, 0.6) is 0 Å². The van der Waals surface area contributed by atoms with Gasteiger partial charge in [-0.25, -0.2) is 0 Å². The van der Waals surface area contributed by atoms with Gasteiger partial charge in [-0.3, -0.25) is 4.68 Å². The fraction of sp³-hybridized carbons (Fsp3) is 0.727. The zero-order valence-electron chi connectivity index (χ0n) is 9.45. The van der Waals surface area contributed by atoms with E-state index in [2.05, 4.69) is 30.5 Å². The predicted octanol–water partition coefficient (Wildman–Crippen LogP) is 2.35. The van der Waals surface area contributed by atoms with E-state index in [1.165, 1.54) is 18.4 Å². The van der Waals surface area contributed by atoms with E-state index in [-0.39, 0.29) is 0 Å². The van der Waals surface area contributed by atoms with Gasteiger partial charge >= 0.3 is 0 Å². The van der Waals surface area contributed by atoms with E-state index in [0.29, 0.717) is 6.04 Å². The number of rotatable bonds is 6. The summed E-state index contributed by atoms with van der Waals surface area (Å²) in [6, 6.07) is 0.464. The number of aromatic nitrogens is 2. The maximum Gasteiger partial charge on any atom is 0.0537 e. The second-order valence-corrected chi connectivity index (χ2v) is 3.67. The van der Waals surface area contributed by atoms with Crippen LogP contribution < -0.4 is 5.32 Å². The van der Waals surface area contributed by atoms with Crippen LogP contribution in [0.15, 0.2) is 12.4 Å². The van der Waals surface area contributed by atoms with Crippen LogP contribution in [0.4, 0.5) is 0 Å². The van der Waals surface area contributed by atoms with Crippen molar-refractivity contribution in [3.05, 3.63) is 18.0 Å². The lowest BCUT2D eigenvalue weighted by Gasteiger charge is -2.12. The third kappa shape index (κ3) is 2.84. The molecule has 3 nitrogen and oxygen atoms in total. The van der Waals surface area contributed by atoms with Crippen molar-refractivity contribution in [3.8, 4) is 0 Å². The molecule has 0 saturated carbocycles. The van der Waals surface area contributed by atoms with Crippen molar-refractivity contribution in [1.82, 2.24) is 15.1 Å². The first kappa shape index (κ1) is 11.2. The van der Waals surface area contributed by atoms with Gasteiger partial charge in [-0.05, 0) is 19.9 Å². The Kier molecular flexibility index (Phi) is 4.66. The Balaban J connectivity index is 2.63. The maximum absolute atomic E-state index is 4.33. The highest BCUT2D eigenvalue weighted by Gasteiger charge is 2.09. The summed E-state index contributed by atoms with van der Waals surface area (Å²) in [6.07, 6.45) is 7.64. The standard InChI is InChI=1S/C11H21N3/c1-4-6-11(12-3)10-8-13-14(9-10)7-5-2/h8-9,11-12H,4-7H2,1-3H3. The molecule has 1 N–H and O–H groups in total. The Morgan fingerprint density at radius 2 is 2.21 bits per heavy atom. The van der Waals surface area contributed by atoms with Gasteiger partial charge < -0.3 is 5.32 Å². The summed E-state index contributed by atoms with van der Waals surface area (Å²) in [5.41, 5.74) is 1.31. The summed E-state index contributed by atoms with van der Waals surface area (Å²) in [6.45, 7) is 5.40. The zero-order valence-corrected chi connectivity index (χ0v) is 9.45. The highest BCUT2D eigenvalue weighted by molar-refractivity contribution is 5.09. The van der Waals surface area contributed by atoms with Crippen LogP contribution in [0.3, 0.4) is 0 Å². The van der Waals surface area contributed by atoms with E-state index in [9.17, 15) is 0 Å². The minimum atomic E-state index is 0.464. The summed E-state index contributed by atoms with van der Waals surface area (Å²) >= 11 is 0. The molecule has 1 aromatic heterocycles. The lowest BCUT2D eigenvalue weighted by molar-refractivity contribution is 0.539. The van der Waals surface area contributed by atoms with Crippen LogP contribution in [0.2, 0.25) is 0 Å². The van der Waals surface area contributed by atoms with Crippen molar-refractivity contribution in [3.63, 3.8) is 0 Å². The Morgan fingerprint density at radius 3 is 2.79 bits per heavy atom. The summed E-state index contributed by atoms with van der Waals surface area (Å²) in [7, 11) is 2.01. The van der Waals surface area contributed by atoms with E-state index in [0.717, 1.165) is 13.0 Å². The van der Waals surface area contributed by atoms with Crippen LogP contribution in [0.25, 0.3) is 0 Å². The molecule has 0 radical (unpaired) electrons. The van der Waals surface area contributed by atoms with Crippen LogP contribution in [-0.2, 0) is 6.54 Å². The second-order valence-electron chi connectivity index (χ2n) is 3.67. The molecule has 0 aliphatic heterocycles. The van der Waals surface area contributed by atoms with Crippen molar-refractivity contribution < 1.29 is 0 Å². The monoisotopic (exact) mass is 195 g/mol. The van der Waals surface area contributed by atoms with Crippen molar-refractivity contribution in [2.24, 2.45) is 0 Å². The van der Waals surface area contributed by atoms with E-state index in [4.69, 9.17) is 0 Å². The molecule has 0 aliphatic rings. The first-order chi connectivity index (χ1) is 6.81. The molecule has 3 heteroatoms. The summed E-state index contributed by atoms with van der Waals surface area (Å²) in [5, 5.41) is 7.66. The smallest absolute Gasteiger partial charge is 0.0537 e. The molecule has 80 valence electrons. The molecule has 14 heavy (non-hydrogen) atoms. The van der Waals surface area contributed by atoms with Crippen LogP contribution in [0, 0.1) is 0 Å². The van der Waals surface area contributed by atoms with Crippen molar-refractivity contribution in [2.75, 3.05) is 7.05 Å². The Labute approximate surface area is 86.5 Å². The molecule has 1 unspecified atom stereocenters. The van der Waals surface area contributed by atoms with Crippen LogP contribution >= 0.6 is 0 Å². The summed E-state index contributed by atoms with van der Waals surface area (Å²) in [4.78, 5) is 0. The number of nitrogens with one attached hydrogen (secondary N) is 1. The number of hydrogen-bond acceptors (Lipinski definition) is 2. The Morgan fingerprint density at radius 1 is 1.43 bits per heavy atom. The summed E-state index contributed by atoms with van der Waals surface area (Å²) < 4.78 is 2.02. The SMILES string of the molecule is CCCC(NC)c1cnn(CCC)c1. The average molecular weight is 195 g/mol. The fourth-order valence-electron chi connectivity index (χ4n) is 1.68. The van der Waals surface area contributed by atoms with E-state index >= 15 is 0 Å². The third-order valence-electron chi connectivity index (χ3n) is 2.43. The molecule has 0 amide bonds. The topological polar surface area (TPSA) is 29.9 Å². The van der Waals surface area contributed by atoms with Gasteiger partial charge in [-0.2, -0.15) is 5.10 Å². The molecule has 0 saturated heterocycles. The fourth-order valence-corrected chi connectivity index (χ4v) is 1.68. The van der Waals surface area contributed by atoms with E-state index in [1.807, 2.05) is 17.9 Å². The molecular formula is C11H21N3. The molecule has 0 spiro atoms. The van der Waals surface area contributed by atoms with Gasteiger partial charge in [-0.1, -0.05) is 20.3 Å². The predicted molar refractivity (Wildman–Crippen MR) is 59.2 cm³/mol. The van der Waals surface area contributed by atoms with Crippen molar-refractivity contribution in [1.29, 1.82) is 0 Å². The quantitative estimate of drug-likeness (QED) is 0.755. The first-order valence-electron chi connectivity index (χ1n) is 5.51. The number of aryl methyl sites for hydroxylation is 1. The van der Waals surface area contributed by atoms with Gasteiger partial charge in [0.15, 0.2) is 0 Å². The molecule has 1 aromatic rings. The third-order valence-corrected chi connectivity index (χ3v) is 2.43. The lowest BCUT2D eigenvalue weighted by Crippen LogP contribution is -2.15. The van der Waals surface area contributed by atoms with Crippen LogP contribution in [0.1, 0.15) is 44.7 Å². The average Bonchev–Trinajstić information content (AvgIpc) is 2.63. The van der Waals surface area contributed by atoms with Gasteiger partial charge in [0.1, 0.15) is 0 Å². The Hall–Kier alpha value is -0.830. The molecule has 1 heterocycles. The van der Waals surface area contributed by atoms with E-state index in [1.54, 1.807) is 0 Å². The van der Waals surface area contributed by atoms with Gasteiger partial charge in [0.25, 0.3) is 0 Å². The normalized spacial score (nSPS) is 13.1. The van der Waals surface area contributed by atoms with Crippen molar-refractivity contribution >= 4 is 0 Å². The van der Waals surface area contributed by atoms with Gasteiger partial charge in [0.2, 0.25) is 0 Å². The maximum atomic E-state index is 4.33. The molecule has 1 rings (SSSR count). The molecule has 0 bridgehead atoms. The largest absolute Gasteiger partial charge is 0.313 e. The Bertz CT molecular complexity index is 255. The highest BCUT2D eigenvalue weighted by atomic mass is 15.3. The van der Waals surface area contributed by atoms with Gasteiger partial charge in [0, 0.05) is 24.3 Å². The van der Waals surface area contributed by atoms with E-state index < -0.39 is 0 Å². The first-order valence-corrected chi connectivity index (χ1v) is 5.51. The van der Waals surface area contributed by atoms with Gasteiger partial charge in [0.05, 0.1) is 6.20 Å². The minimum absolute atomic E-state index is 0.464. The molecule has 1 atom stereocenters. The number of nitrogens with zero attached hydrogens (tertiary/aromatic N) is 2.